The average molecular weight is 420 g/mol. The van der Waals surface area contributed by atoms with E-state index in [0.29, 0.717) is 11.0 Å². The van der Waals surface area contributed by atoms with Gasteiger partial charge in [-0.2, -0.15) is 0 Å². The molecule has 0 amide bonds. The van der Waals surface area contributed by atoms with Crippen molar-refractivity contribution in [1.82, 2.24) is 19.7 Å². The van der Waals surface area contributed by atoms with Crippen molar-refractivity contribution in [3.8, 4) is 11.1 Å². The Labute approximate surface area is 169 Å². The summed E-state index contributed by atoms with van der Waals surface area (Å²) in [4.78, 5) is 11.9. The second kappa shape index (κ2) is 7.69. The fraction of sp³-hybridized carbons (Fsp3) is 0.368. The van der Waals surface area contributed by atoms with Gasteiger partial charge in [-0.15, -0.1) is 0 Å². The zero-order valence-electron chi connectivity index (χ0n) is 15.4. The highest BCUT2D eigenvalue weighted by Crippen LogP contribution is 2.31. The first-order valence-electron chi connectivity index (χ1n) is 9.23. The van der Waals surface area contributed by atoms with Gasteiger partial charge in [-0.05, 0) is 42.7 Å². The summed E-state index contributed by atoms with van der Waals surface area (Å²) < 4.78 is 26.1. The normalized spacial score (nSPS) is 20.4. The van der Waals surface area contributed by atoms with Crippen LogP contribution < -0.4 is 10.0 Å². The molecule has 0 unspecified atom stereocenters. The van der Waals surface area contributed by atoms with Crippen molar-refractivity contribution in [3.05, 3.63) is 41.8 Å². The molecule has 1 fully saturated rings. The highest BCUT2D eigenvalue weighted by molar-refractivity contribution is 7.88. The van der Waals surface area contributed by atoms with Crippen LogP contribution in [-0.4, -0.2) is 41.7 Å². The summed E-state index contributed by atoms with van der Waals surface area (Å²) in [6.07, 6.45) is 8.55. The highest BCUT2D eigenvalue weighted by Gasteiger charge is 2.27. The van der Waals surface area contributed by atoms with E-state index in [0.717, 1.165) is 47.8 Å². The predicted octanol–water partition coefficient (Wildman–Crippen LogP) is 3.55. The lowest BCUT2D eigenvalue weighted by Gasteiger charge is -2.32. The number of nitrogens with zero attached hydrogens (tertiary/aromatic N) is 2. The number of aromatic amines is 1. The molecule has 2 atom stereocenters. The maximum Gasteiger partial charge on any atom is 0.209 e. The number of sulfonamides is 1. The zero-order valence-corrected chi connectivity index (χ0v) is 17.0. The third-order valence-corrected chi connectivity index (χ3v) is 5.95. The van der Waals surface area contributed by atoms with E-state index >= 15 is 0 Å². The maximum absolute atomic E-state index is 11.7. The van der Waals surface area contributed by atoms with Crippen molar-refractivity contribution >= 4 is 38.5 Å². The average Bonchev–Trinajstić information content (AvgIpc) is 3.06. The van der Waals surface area contributed by atoms with Crippen LogP contribution in [0.2, 0.25) is 5.15 Å². The molecule has 0 aliphatic heterocycles. The Kier molecular flexibility index (Phi) is 5.27. The Hall–Kier alpha value is -2.16. The minimum Gasteiger partial charge on any atom is -0.366 e. The van der Waals surface area contributed by atoms with Crippen LogP contribution in [0.3, 0.4) is 0 Å². The third-order valence-electron chi connectivity index (χ3n) is 5.02. The number of pyridine rings is 2. The zero-order chi connectivity index (χ0) is 19.7. The predicted molar refractivity (Wildman–Crippen MR) is 112 cm³/mol. The van der Waals surface area contributed by atoms with Crippen LogP contribution >= 0.6 is 11.6 Å². The SMILES string of the molecule is CS(=O)(=O)N[C@H]1CCCC[C@@H]1Nc1cc(-c2c[nH]c3ncccc23)cc(Cl)n1. The number of fused-ring (bicyclic) bond motifs is 1. The Morgan fingerprint density at radius 3 is 2.79 bits per heavy atom. The van der Waals surface area contributed by atoms with Crippen LogP contribution in [0, 0.1) is 0 Å². The first-order chi connectivity index (χ1) is 13.4. The number of rotatable bonds is 5. The number of aromatic nitrogens is 3. The molecule has 148 valence electrons. The van der Waals surface area contributed by atoms with Gasteiger partial charge in [-0.25, -0.2) is 23.1 Å². The minimum absolute atomic E-state index is 0.0353. The molecule has 3 aromatic rings. The summed E-state index contributed by atoms with van der Waals surface area (Å²) in [6, 6.07) is 7.45. The highest BCUT2D eigenvalue weighted by atomic mass is 35.5. The fourth-order valence-electron chi connectivity index (χ4n) is 3.83. The van der Waals surface area contributed by atoms with Gasteiger partial charge in [0.1, 0.15) is 16.6 Å². The number of nitrogens with one attached hydrogen (secondary N) is 3. The van der Waals surface area contributed by atoms with Crippen LogP contribution in [-0.2, 0) is 10.0 Å². The second-order valence-corrected chi connectivity index (χ2v) is 9.36. The van der Waals surface area contributed by atoms with Gasteiger partial charge < -0.3 is 10.3 Å². The Morgan fingerprint density at radius 1 is 1.21 bits per heavy atom. The van der Waals surface area contributed by atoms with E-state index in [1.807, 2.05) is 30.5 Å². The lowest BCUT2D eigenvalue weighted by molar-refractivity contribution is 0.379. The molecular formula is C19H22ClN5O2S. The summed E-state index contributed by atoms with van der Waals surface area (Å²) in [6.45, 7) is 0. The van der Waals surface area contributed by atoms with E-state index in [2.05, 4.69) is 25.0 Å². The maximum atomic E-state index is 11.7. The lowest BCUT2D eigenvalue weighted by atomic mass is 9.91. The van der Waals surface area contributed by atoms with Crippen LogP contribution in [0.15, 0.2) is 36.7 Å². The molecule has 7 nitrogen and oxygen atoms in total. The molecule has 0 bridgehead atoms. The Balaban J connectivity index is 1.63. The van der Waals surface area contributed by atoms with Crippen molar-refractivity contribution in [2.24, 2.45) is 0 Å². The standard InChI is InChI=1S/C19H22ClN5O2S/c1-28(26,27)25-16-7-3-2-6-15(16)23-18-10-12(9-17(20)24-18)14-11-22-19-13(14)5-4-8-21-19/h4-5,8-11,15-16,25H,2-3,6-7H2,1H3,(H,21,22)(H,23,24)/t15-,16-/m0/s1. The van der Waals surface area contributed by atoms with Crippen molar-refractivity contribution < 1.29 is 8.42 Å². The number of H-pyrrole nitrogens is 1. The largest absolute Gasteiger partial charge is 0.366 e. The minimum atomic E-state index is -3.27. The summed E-state index contributed by atoms with van der Waals surface area (Å²) in [5, 5.41) is 4.78. The van der Waals surface area contributed by atoms with Gasteiger partial charge in [0.25, 0.3) is 0 Å². The number of hydrogen-bond donors (Lipinski definition) is 3. The molecule has 9 heteroatoms. The topological polar surface area (TPSA) is 99.8 Å². The molecule has 0 saturated heterocycles. The molecule has 1 saturated carbocycles. The number of halogens is 1. The number of anilines is 1. The second-order valence-electron chi connectivity index (χ2n) is 7.20. The van der Waals surface area contributed by atoms with Gasteiger partial charge in [-0.1, -0.05) is 24.4 Å². The van der Waals surface area contributed by atoms with Gasteiger partial charge in [-0.3, -0.25) is 0 Å². The molecule has 3 aromatic heterocycles. The van der Waals surface area contributed by atoms with E-state index in [1.54, 1.807) is 6.20 Å². The van der Waals surface area contributed by atoms with Crippen molar-refractivity contribution in [3.63, 3.8) is 0 Å². The third kappa shape index (κ3) is 4.29. The van der Waals surface area contributed by atoms with Crippen LogP contribution in [0.4, 0.5) is 5.82 Å². The lowest BCUT2D eigenvalue weighted by Crippen LogP contribution is -2.48. The van der Waals surface area contributed by atoms with Crippen LogP contribution in [0.5, 0.6) is 0 Å². The molecule has 3 N–H and O–H groups in total. The van der Waals surface area contributed by atoms with Crippen LogP contribution in [0.1, 0.15) is 25.7 Å². The first-order valence-corrected chi connectivity index (χ1v) is 11.5. The molecule has 1 aliphatic carbocycles. The summed E-state index contributed by atoms with van der Waals surface area (Å²) >= 11 is 6.29. The molecule has 0 radical (unpaired) electrons. The molecule has 0 aromatic carbocycles. The van der Waals surface area contributed by atoms with E-state index in [-0.39, 0.29) is 12.1 Å². The Bertz CT molecular complexity index is 1100. The fourth-order valence-corrected chi connectivity index (χ4v) is 4.87. The summed E-state index contributed by atoms with van der Waals surface area (Å²) in [5.41, 5.74) is 2.72. The van der Waals surface area contributed by atoms with Gasteiger partial charge in [0, 0.05) is 35.4 Å². The van der Waals surface area contributed by atoms with Crippen molar-refractivity contribution in [2.45, 2.75) is 37.8 Å². The van der Waals surface area contributed by atoms with E-state index in [9.17, 15) is 8.42 Å². The molecule has 28 heavy (non-hydrogen) atoms. The van der Waals surface area contributed by atoms with Gasteiger partial charge >= 0.3 is 0 Å². The van der Waals surface area contributed by atoms with Crippen molar-refractivity contribution in [2.75, 3.05) is 11.6 Å². The van der Waals surface area contributed by atoms with Gasteiger partial charge in [0.05, 0.1) is 6.26 Å². The smallest absolute Gasteiger partial charge is 0.209 e. The van der Waals surface area contributed by atoms with Gasteiger partial charge in [0.2, 0.25) is 10.0 Å². The molecule has 0 spiro atoms. The van der Waals surface area contributed by atoms with E-state index in [1.165, 1.54) is 6.26 Å². The number of hydrogen-bond acceptors (Lipinski definition) is 5. The molecule has 4 rings (SSSR count). The van der Waals surface area contributed by atoms with Crippen molar-refractivity contribution in [1.29, 1.82) is 0 Å². The first kappa shape index (κ1) is 19.2. The van der Waals surface area contributed by atoms with E-state index in [4.69, 9.17) is 11.6 Å². The monoisotopic (exact) mass is 419 g/mol. The Morgan fingerprint density at radius 2 is 2.00 bits per heavy atom. The van der Waals surface area contributed by atoms with Gasteiger partial charge in [0.15, 0.2) is 0 Å². The summed E-state index contributed by atoms with van der Waals surface area (Å²) in [5.74, 6) is 0.632. The van der Waals surface area contributed by atoms with E-state index < -0.39 is 10.0 Å². The summed E-state index contributed by atoms with van der Waals surface area (Å²) in [7, 11) is -3.27. The molecule has 3 heterocycles. The molecular weight excluding hydrogens is 398 g/mol. The quantitative estimate of drug-likeness (QED) is 0.549. The molecule has 1 aliphatic rings. The van der Waals surface area contributed by atoms with Crippen LogP contribution in [0.25, 0.3) is 22.2 Å².